The highest BCUT2D eigenvalue weighted by atomic mass is 16.5. The average molecular weight is 349 g/mol. The molecular weight excluding hydrogens is 322 g/mol. The lowest BCUT2D eigenvalue weighted by molar-refractivity contribution is -0.00712. The number of hydrogen-bond acceptors (Lipinski definition) is 3. The summed E-state index contributed by atoms with van der Waals surface area (Å²) < 4.78 is 5.99. The normalized spacial score (nSPS) is 16.9. The number of carbonyl (C=O) groups excluding carboxylic acids is 1. The fourth-order valence-electron chi connectivity index (χ4n) is 3.60. The highest BCUT2D eigenvalue weighted by Gasteiger charge is 2.36. The van der Waals surface area contributed by atoms with Gasteiger partial charge in [-0.3, -0.25) is 4.79 Å². The van der Waals surface area contributed by atoms with Crippen molar-refractivity contribution in [3.05, 3.63) is 77.5 Å². The predicted octanol–water partition coefficient (Wildman–Crippen LogP) is 5.52. The molecule has 0 heterocycles. The number of nitrogens with one attached hydrogen (secondary N) is 1. The topological polar surface area (TPSA) is 38.3 Å². The van der Waals surface area contributed by atoms with E-state index in [1.165, 1.54) is 6.42 Å². The summed E-state index contributed by atoms with van der Waals surface area (Å²) in [6, 6.07) is 17.7. The van der Waals surface area contributed by atoms with Crippen molar-refractivity contribution < 1.29 is 9.53 Å². The molecule has 2 aromatic rings. The molecule has 26 heavy (non-hydrogen) atoms. The van der Waals surface area contributed by atoms with Gasteiger partial charge in [-0.2, -0.15) is 0 Å². The SMILES string of the molecule is COC1(C(=CC(=O)c2ccc(C)cc2)Nc2ccccc2)CCCCC1. The smallest absolute Gasteiger partial charge is 0.187 e. The number of rotatable bonds is 6. The lowest BCUT2D eigenvalue weighted by atomic mass is 9.81. The van der Waals surface area contributed by atoms with Crippen LogP contribution in [0.15, 0.2) is 66.4 Å². The Bertz CT molecular complexity index is 757. The van der Waals surface area contributed by atoms with E-state index in [9.17, 15) is 4.79 Å². The summed E-state index contributed by atoms with van der Waals surface area (Å²) in [7, 11) is 1.75. The Morgan fingerprint density at radius 3 is 2.27 bits per heavy atom. The van der Waals surface area contributed by atoms with Gasteiger partial charge in [-0.1, -0.05) is 67.3 Å². The zero-order valence-electron chi connectivity index (χ0n) is 15.6. The van der Waals surface area contributed by atoms with Crippen molar-refractivity contribution in [2.24, 2.45) is 0 Å². The highest BCUT2D eigenvalue weighted by molar-refractivity contribution is 6.05. The van der Waals surface area contributed by atoms with Crippen molar-refractivity contribution in [1.82, 2.24) is 0 Å². The Morgan fingerprint density at radius 1 is 1.00 bits per heavy atom. The van der Waals surface area contributed by atoms with Crippen molar-refractivity contribution in [3.8, 4) is 0 Å². The third kappa shape index (κ3) is 4.23. The molecule has 1 fully saturated rings. The zero-order chi connectivity index (χ0) is 18.4. The first kappa shape index (κ1) is 18.4. The first-order valence-corrected chi connectivity index (χ1v) is 9.33. The molecule has 3 heteroatoms. The molecule has 0 aliphatic heterocycles. The molecule has 3 rings (SSSR count). The number of ketones is 1. The van der Waals surface area contributed by atoms with Gasteiger partial charge in [0.1, 0.15) is 5.60 Å². The van der Waals surface area contributed by atoms with Crippen LogP contribution in [0.5, 0.6) is 0 Å². The molecule has 0 spiro atoms. The number of methoxy groups -OCH3 is 1. The van der Waals surface area contributed by atoms with Crippen LogP contribution in [0.25, 0.3) is 0 Å². The summed E-state index contributed by atoms with van der Waals surface area (Å²) in [5.41, 5.74) is 3.25. The molecule has 2 aromatic carbocycles. The first-order chi connectivity index (χ1) is 12.6. The number of benzene rings is 2. The van der Waals surface area contributed by atoms with Gasteiger partial charge in [0.15, 0.2) is 5.78 Å². The lowest BCUT2D eigenvalue weighted by Crippen LogP contribution is -2.39. The summed E-state index contributed by atoms with van der Waals surface area (Å²) in [4.78, 5) is 12.9. The van der Waals surface area contributed by atoms with Crippen molar-refractivity contribution in [1.29, 1.82) is 0 Å². The molecule has 1 aliphatic carbocycles. The van der Waals surface area contributed by atoms with Gasteiger partial charge in [0.2, 0.25) is 0 Å². The summed E-state index contributed by atoms with van der Waals surface area (Å²) >= 11 is 0. The number of aryl methyl sites for hydroxylation is 1. The van der Waals surface area contributed by atoms with E-state index < -0.39 is 5.60 Å². The van der Waals surface area contributed by atoms with Gasteiger partial charge in [0, 0.05) is 24.4 Å². The molecule has 0 amide bonds. The van der Waals surface area contributed by atoms with Crippen molar-refractivity contribution in [3.63, 3.8) is 0 Å². The molecule has 0 aromatic heterocycles. The van der Waals surface area contributed by atoms with Gasteiger partial charge in [0.05, 0.1) is 5.70 Å². The second-order valence-corrected chi connectivity index (χ2v) is 7.04. The monoisotopic (exact) mass is 349 g/mol. The molecule has 1 saturated carbocycles. The Balaban J connectivity index is 1.95. The number of ether oxygens (including phenoxy) is 1. The molecule has 136 valence electrons. The second kappa shape index (κ2) is 8.33. The summed E-state index contributed by atoms with van der Waals surface area (Å²) in [5, 5.41) is 3.47. The van der Waals surface area contributed by atoms with Crippen LogP contribution in [0.2, 0.25) is 0 Å². The summed E-state index contributed by atoms with van der Waals surface area (Å²) in [6.45, 7) is 2.02. The standard InChI is InChI=1S/C23H27NO2/c1-18-11-13-19(14-12-18)21(25)17-22(24-20-9-5-3-6-10-20)23(26-2)15-7-4-8-16-23/h3,5-6,9-14,17,24H,4,7-8,15-16H2,1-2H3. The fourth-order valence-corrected chi connectivity index (χ4v) is 3.60. The molecule has 1 aliphatic rings. The van der Waals surface area contributed by atoms with Crippen molar-refractivity contribution in [2.45, 2.75) is 44.6 Å². The maximum absolute atomic E-state index is 12.9. The Hall–Kier alpha value is -2.39. The van der Waals surface area contributed by atoms with E-state index in [2.05, 4.69) is 5.32 Å². The van der Waals surface area contributed by atoms with E-state index in [1.54, 1.807) is 13.2 Å². The van der Waals surface area contributed by atoms with E-state index >= 15 is 0 Å². The zero-order valence-corrected chi connectivity index (χ0v) is 15.6. The van der Waals surface area contributed by atoms with Gasteiger partial charge < -0.3 is 10.1 Å². The first-order valence-electron chi connectivity index (χ1n) is 9.33. The van der Waals surface area contributed by atoms with Crippen molar-refractivity contribution in [2.75, 3.05) is 12.4 Å². The molecule has 0 bridgehead atoms. The van der Waals surface area contributed by atoms with Gasteiger partial charge in [-0.05, 0) is 31.9 Å². The highest BCUT2D eigenvalue weighted by Crippen LogP contribution is 2.37. The van der Waals surface area contributed by atoms with E-state index in [0.717, 1.165) is 42.6 Å². The number of carbonyl (C=O) groups is 1. The van der Waals surface area contributed by atoms with Crippen LogP contribution in [0, 0.1) is 6.92 Å². The predicted molar refractivity (Wildman–Crippen MR) is 106 cm³/mol. The van der Waals surface area contributed by atoms with Crippen LogP contribution in [0.3, 0.4) is 0 Å². The number of hydrogen-bond donors (Lipinski definition) is 1. The lowest BCUT2D eigenvalue weighted by Gasteiger charge is -2.38. The average Bonchev–Trinajstić information content (AvgIpc) is 2.69. The Kier molecular flexibility index (Phi) is 5.89. The number of para-hydroxylation sites is 1. The molecule has 1 N–H and O–H groups in total. The molecule has 0 radical (unpaired) electrons. The fraction of sp³-hybridized carbons (Fsp3) is 0.348. The largest absolute Gasteiger partial charge is 0.372 e. The van der Waals surface area contributed by atoms with Gasteiger partial charge in [-0.25, -0.2) is 0 Å². The minimum atomic E-state index is -0.422. The van der Waals surface area contributed by atoms with Crippen LogP contribution in [-0.4, -0.2) is 18.5 Å². The molecule has 3 nitrogen and oxygen atoms in total. The maximum atomic E-state index is 12.9. The number of anilines is 1. The van der Waals surface area contributed by atoms with Crippen molar-refractivity contribution >= 4 is 11.5 Å². The third-order valence-electron chi connectivity index (χ3n) is 5.21. The molecule has 0 unspecified atom stereocenters. The van der Waals surface area contributed by atoms with Crippen LogP contribution in [0.1, 0.15) is 48.0 Å². The third-order valence-corrected chi connectivity index (χ3v) is 5.21. The maximum Gasteiger partial charge on any atom is 0.187 e. The Morgan fingerprint density at radius 2 is 1.65 bits per heavy atom. The Labute approximate surface area is 156 Å². The molecule has 0 saturated heterocycles. The van der Waals surface area contributed by atoms with Gasteiger partial charge in [0.25, 0.3) is 0 Å². The summed E-state index contributed by atoms with van der Waals surface area (Å²) in [5.74, 6) is 0.00503. The molecule has 0 atom stereocenters. The number of allylic oxidation sites excluding steroid dienone is 1. The van der Waals surface area contributed by atoms with E-state index in [0.29, 0.717) is 5.56 Å². The molecular formula is C23H27NO2. The van der Waals surface area contributed by atoms with E-state index in [1.807, 2.05) is 61.5 Å². The van der Waals surface area contributed by atoms with Gasteiger partial charge in [-0.15, -0.1) is 0 Å². The quantitative estimate of drug-likeness (QED) is 0.551. The van der Waals surface area contributed by atoms with Gasteiger partial charge >= 0.3 is 0 Å². The van der Waals surface area contributed by atoms with E-state index in [4.69, 9.17) is 4.74 Å². The summed E-state index contributed by atoms with van der Waals surface area (Å²) in [6.07, 6.45) is 7.02. The minimum Gasteiger partial charge on any atom is -0.372 e. The minimum absolute atomic E-state index is 0.00503. The van der Waals surface area contributed by atoms with E-state index in [-0.39, 0.29) is 5.78 Å². The van der Waals surface area contributed by atoms with Crippen LogP contribution < -0.4 is 5.32 Å². The second-order valence-electron chi connectivity index (χ2n) is 7.04. The van der Waals surface area contributed by atoms with Crippen LogP contribution in [-0.2, 0) is 4.74 Å². The van der Waals surface area contributed by atoms with Crippen LogP contribution >= 0.6 is 0 Å². The van der Waals surface area contributed by atoms with Crippen LogP contribution in [0.4, 0.5) is 5.69 Å².